The summed E-state index contributed by atoms with van der Waals surface area (Å²) in [6.45, 7) is 12.0. The number of rotatable bonds is 5. The number of methoxy groups -OCH3 is 2. The average Bonchev–Trinajstić information content (AvgIpc) is 2.57. The van der Waals surface area contributed by atoms with Crippen LogP contribution in [0.1, 0.15) is 51.8 Å². The van der Waals surface area contributed by atoms with E-state index < -0.39 is 0 Å². The van der Waals surface area contributed by atoms with Crippen molar-refractivity contribution in [3.63, 3.8) is 0 Å². The smallest absolute Gasteiger partial charge is 0.315 e. The van der Waals surface area contributed by atoms with Gasteiger partial charge in [-0.05, 0) is 63.9 Å². The largest absolute Gasteiger partial charge is 0.493 e. The lowest BCUT2D eigenvalue weighted by Gasteiger charge is -2.40. The molecule has 0 bridgehead atoms. The summed E-state index contributed by atoms with van der Waals surface area (Å²) in [6, 6.07) is 4.02. The number of nitrogens with one attached hydrogen (secondary N) is 2. The van der Waals surface area contributed by atoms with Crippen LogP contribution in [0.25, 0.3) is 0 Å². The molecule has 0 saturated carbocycles. The van der Waals surface area contributed by atoms with Gasteiger partial charge >= 0.3 is 6.03 Å². The maximum atomic E-state index is 12.4. The minimum atomic E-state index is -0.269. The molecule has 6 heteroatoms. The van der Waals surface area contributed by atoms with Gasteiger partial charge in [-0.15, -0.1) is 0 Å². The van der Waals surface area contributed by atoms with Crippen molar-refractivity contribution in [2.45, 2.75) is 58.7 Å². The van der Waals surface area contributed by atoms with Crippen molar-refractivity contribution in [2.75, 3.05) is 27.3 Å². The number of urea groups is 1. The van der Waals surface area contributed by atoms with E-state index in [9.17, 15) is 4.79 Å². The van der Waals surface area contributed by atoms with Gasteiger partial charge < -0.3 is 20.1 Å². The molecule has 2 atom stereocenters. The fraction of sp³-hybridized carbons (Fsp3) is 0.650. The van der Waals surface area contributed by atoms with Crippen LogP contribution in [0, 0.1) is 0 Å². The molecule has 1 aliphatic rings. The first kappa shape index (κ1) is 20.4. The summed E-state index contributed by atoms with van der Waals surface area (Å²) in [6.07, 6.45) is 0.959. The molecule has 0 radical (unpaired) electrons. The lowest BCUT2D eigenvalue weighted by molar-refractivity contribution is 0.157. The highest BCUT2D eigenvalue weighted by atomic mass is 16.5. The highest BCUT2D eigenvalue weighted by Gasteiger charge is 2.33. The Labute approximate surface area is 157 Å². The fourth-order valence-corrected chi connectivity index (χ4v) is 3.63. The number of ether oxygens (including phenoxy) is 2. The van der Waals surface area contributed by atoms with Gasteiger partial charge in [-0.25, -0.2) is 4.79 Å². The summed E-state index contributed by atoms with van der Waals surface area (Å²) < 4.78 is 11.0. The number of nitrogens with zero attached hydrogens (tertiary/aromatic N) is 1. The Hall–Kier alpha value is -1.95. The lowest BCUT2D eigenvalue weighted by Crippen LogP contribution is -2.53. The van der Waals surface area contributed by atoms with E-state index in [-0.39, 0.29) is 23.7 Å². The number of benzene rings is 1. The van der Waals surface area contributed by atoms with Crippen molar-refractivity contribution in [2.24, 2.45) is 0 Å². The fourth-order valence-electron chi connectivity index (χ4n) is 3.63. The third-order valence-corrected chi connectivity index (χ3v) is 4.75. The van der Waals surface area contributed by atoms with E-state index in [4.69, 9.17) is 9.47 Å². The normalized spacial score (nSPS) is 18.7. The molecule has 146 valence electrons. The highest BCUT2D eigenvalue weighted by Crippen LogP contribution is 2.39. The van der Waals surface area contributed by atoms with E-state index in [0.717, 1.165) is 31.0 Å². The van der Waals surface area contributed by atoms with Crippen LogP contribution in [0.5, 0.6) is 11.5 Å². The first-order valence-electron chi connectivity index (χ1n) is 9.27. The van der Waals surface area contributed by atoms with E-state index in [1.807, 2.05) is 20.8 Å². The Balaban J connectivity index is 2.32. The first-order valence-corrected chi connectivity index (χ1v) is 9.27. The SMILES string of the molecule is CCN1CCc2cc(OC)c(OC)cc2[C@H]1[C@@H](C)NC(=O)NC(C)(C)C. The van der Waals surface area contributed by atoms with Gasteiger partial charge in [-0.2, -0.15) is 0 Å². The van der Waals surface area contributed by atoms with Crippen molar-refractivity contribution in [1.29, 1.82) is 0 Å². The van der Waals surface area contributed by atoms with Crippen LogP contribution in [0.3, 0.4) is 0 Å². The molecular formula is C20H33N3O3. The molecule has 2 N–H and O–H groups in total. The molecule has 1 heterocycles. The first-order chi connectivity index (χ1) is 12.2. The molecule has 0 fully saturated rings. The second-order valence-corrected chi connectivity index (χ2v) is 7.87. The topological polar surface area (TPSA) is 62.8 Å². The van der Waals surface area contributed by atoms with Gasteiger partial charge in [-0.1, -0.05) is 6.92 Å². The van der Waals surface area contributed by atoms with E-state index in [0.29, 0.717) is 0 Å². The van der Waals surface area contributed by atoms with E-state index in [2.05, 4.69) is 41.5 Å². The molecule has 26 heavy (non-hydrogen) atoms. The summed E-state index contributed by atoms with van der Waals surface area (Å²) in [5.74, 6) is 1.47. The Bertz CT molecular complexity index is 640. The van der Waals surface area contributed by atoms with Crippen molar-refractivity contribution < 1.29 is 14.3 Å². The van der Waals surface area contributed by atoms with Gasteiger partial charge in [-0.3, -0.25) is 4.90 Å². The molecule has 0 aliphatic carbocycles. The number of fused-ring (bicyclic) bond motifs is 1. The number of likely N-dealkylation sites (N-methyl/N-ethyl adjacent to an activating group) is 1. The van der Waals surface area contributed by atoms with Crippen LogP contribution in [-0.4, -0.2) is 49.8 Å². The minimum Gasteiger partial charge on any atom is -0.493 e. The highest BCUT2D eigenvalue weighted by molar-refractivity contribution is 5.75. The number of amides is 2. The van der Waals surface area contributed by atoms with Crippen LogP contribution in [-0.2, 0) is 6.42 Å². The van der Waals surface area contributed by atoms with Gasteiger partial charge in [0, 0.05) is 18.1 Å². The summed E-state index contributed by atoms with van der Waals surface area (Å²) in [7, 11) is 3.31. The predicted octanol–water partition coefficient (Wildman–Crippen LogP) is 3.11. The molecule has 2 amide bonds. The molecule has 6 nitrogen and oxygen atoms in total. The summed E-state index contributed by atoms with van der Waals surface area (Å²) >= 11 is 0. The zero-order valence-electron chi connectivity index (χ0n) is 17.1. The monoisotopic (exact) mass is 363 g/mol. The van der Waals surface area contributed by atoms with Gasteiger partial charge in [0.05, 0.1) is 20.3 Å². The number of hydrogen-bond donors (Lipinski definition) is 2. The summed E-state index contributed by atoms with van der Waals surface area (Å²) in [5.41, 5.74) is 2.18. The van der Waals surface area contributed by atoms with Crippen LogP contribution >= 0.6 is 0 Å². The van der Waals surface area contributed by atoms with Crippen LogP contribution in [0.15, 0.2) is 12.1 Å². The van der Waals surface area contributed by atoms with E-state index in [1.165, 1.54) is 11.1 Å². The molecular weight excluding hydrogens is 330 g/mol. The van der Waals surface area contributed by atoms with Crippen molar-refractivity contribution in [1.82, 2.24) is 15.5 Å². The van der Waals surface area contributed by atoms with Crippen molar-refractivity contribution >= 4 is 6.03 Å². The molecule has 1 aliphatic heterocycles. The maximum Gasteiger partial charge on any atom is 0.315 e. The average molecular weight is 364 g/mol. The molecule has 0 saturated heterocycles. The van der Waals surface area contributed by atoms with Gasteiger partial charge in [0.15, 0.2) is 11.5 Å². The molecule has 1 aromatic carbocycles. The van der Waals surface area contributed by atoms with Crippen LogP contribution in [0.2, 0.25) is 0 Å². The van der Waals surface area contributed by atoms with Gasteiger partial charge in [0.1, 0.15) is 0 Å². The molecule has 2 rings (SSSR count). The quantitative estimate of drug-likeness (QED) is 0.844. The Kier molecular flexibility index (Phi) is 6.39. The second kappa shape index (κ2) is 8.16. The third kappa shape index (κ3) is 4.61. The number of carbonyl (C=O) groups is 1. The second-order valence-electron chi connectivity index (χ2n) is 7.87. The lowest BCUT2D eigenvalue weighted by atomic mass is 9.88. The van der Waals surface area contributed by atoms with Gasteiger partial charge in [0.2, 0.25) is 0 Å². The molecule has 1 aromatic rings. The van der Waals surface area contributed by atoms with Crippen LogP contribution < -0.4 is 20.1 Å². The summed E-state index contributed by atoms with van der Waals surface area (Å²) in [4.78, 5) is 14.8. The molecule has 0 aromatic heterocycles. The van der Waals surface area contributed by atoms with Crippen molar-refractivity contribution in [3.8, 4) is 11.5 Å². The standard InChI is InChI=1S/C20H33N3O3/c1-8-23-10-9-14-11-16(25-6)17(26-7)12-15(14)18(23)13(2)21-19(24)22-20(3,4)5/h11-13,18H,8-10H2,1-7H3,(H2,21,22,24)/t13-,18-/m1/s1. The zero-order chi connectivity index (χ0) is 19.5. The van der Waals surface area contributed by atoms with Gasteiger partial charge in [0.25, 0.3) is 0 Å². The van der Waals surface area contributed by atoms with E-state index in [1.54, 1.807) is 14.2 Å². The molecule has 0 unspecified atom stereocenters. The Morgan fingerprint density at radius 3 is 2.42 bits per heavy atom. The Morgan fingerprint density at radius 1 is 1.27 bits per heavy atom. The maximum absolute atomic E-state index is 12.4. The Morgan fingerprint density at radius 2 is 1.88 bits per heavy atom. The summed E-state index contributed by atoms with van der Waals surface area (Å²) in [5, 5.41) is 6.09. The predicted molar refractivity (Wildman–Crippen MR) is 104 cm³/mol. The minimum absolute atomic E-state index is 0.0468. The number of hydrogen-bond acceptors (Lipinski definition) is 4. The third-order valence-electron chi connectivity index (χ3n) is 4.75. The molecule has 0 spiro atoms. The van der Waals surface area contributed by atoms with E-state index >= 15 is 0 Å². The van der Waals surface area contributed by atoms with Crippen LogP contribution in [0.4, 0.5) is 4.79 Å². The van der Waals surface area contributed by atoms with Crippen molar-refractivity contribution in [3.05, 3.63) is 23.3 Å². The zero-order valence-corrected chi connectivity index (χ0v) is 17.1. The number of carbonyl (C=O) groups excluding carboxylic acids is 1.